The number of hydrogen-bond donors (Lipinski definition) is 1. The largest absolute Gasteiger partial charge is 0.469 e. The van der Waals surface area contributed by atoms with E-state index in [1.807, 2.05) is 13.0 Å². The molecule has 0 bridgehead atoms. The average molecular weight is 208 g/mol. The maximum absolute atomic E-state index is 11.8. The maximum atomic E-state index is 11.8. The fourth-order valence-corrected chi connectivity index (χ4v) is 1.69. The number of furan rings is 1. The Hall–Kier alpha value is -1.29. The van der Waals surface area contributed by atoms with Gasteiger partial charge in [-0.25, -0.2) is 0 Å². The number of rotatable bonds is 3. The minimum atomic E-state index is 0.0437. The van der Waals surface area contributed by atoms with Crippen molar-refractivity contribution in [3.05, 3.63) is 23.7 Å². The van der Waals surface area contributed by atoms with Crippen molar-refractivity contribution < 1.29 is 9.21 Å². The molecule has 0 aliphatic heterocycles. The molecule has 4 nitrogen and oxygen atoms in total. The second-order valence-corrected chi connectivity index (χ2v) is 4.20. The van der Waals surface area contributed by atoms with E-state index in [4.69, 9.17) is 10.2 Å². The predicted molar refractivity (Wildman–Crippen MR) is 56.0 cm³/mol. The number of amides is 1. The molecule has 0 saturated heterocycles. The van der Waals surface area contributed by atoms with E-state index < -0.39 is 0 Å². The zero-order valence-electron chi connectivity index (χ0n) is 9.06. The van der Waals surface area contributed by atoms with Gasteiger partial charge in [-0.05, 0) is 19.4 Å². The minimum absolute atomic E-state index is 0.0437. The molecular formula is C11H16N2O2. The van der Waals surface area contributed by atoms with Gasteiger partial charge in [0.25, 0.3) is 0 Å². The molecule has 2 atom stereocenters. The smallest absolute Gasteiger partial charge is 0.227 e. The molecule has 0 radical (unpaired) electrons. The van der Waals surface area contributed by atoms with E-state index in [0.29, 0.717) is 6.54 Å². The lowest BCUT2D eigenvalue weighted by Crippen LogP contribution is -2.29. The maximum Gasteiger partial charge on any atom is 0.227 e. The minimum Gasteiger partial charge on any atom is -0.469 e. The monoisotopic (exact) mass is 208 g/mol. The van der Waals surface area contributed by atoms with Gasteiger partial charge in [0.05, 0.1) is 12.2 Å². The van der Waals surface area contributed by atoms with Crippen molar-refractivity contribution in [2.45, 2.75) is 25.9 Å². The Morgan fingerprint density at radius 3 is 2.87 bits per heavy atom. The van der Waals surface area contributed by atoms with Crippen LogP contribution in [0.15, 0.2) is 16.7 Å². The van der Waals surface area contributed by atoms with Gasteiger partial charge in [-0.2, -0.15) is 0 Å². The highest BCUT2D eigenvalue weighted by Crippen LogP contribution is 2.30. The van der Waals surface area contributed by atoms with Crippen LogP contribution in [0.25, 0.3) is 0 Å². The highest BCUT2D eigenvalue weighted by atomic mass is 16.3. The molecule has 0 aromatic carbocycles. The standard InChI is InChI=1S/C11H16N2O2/c1-7-8(3-4-15-7)6-13(2)11(14)9-5-10(9)12/h3-4,9-10H,5-6,12H2,1-2H3. The normalized spacial score (nSPS) is 23.9. The molecule has 1 fully saturated rings. The van der Waals surface area contributed by atoms with Crippen molar-refractivity contribution >= 4 is 5.91 Å². The molecule has 4 heteroatoms. The van der Waals surface area contributed by atoms with Crippen LogP contribution in [0, 0.1) is 12.8 Å². The summed E-state index contributed by atoms with van der Waals surface area (Å²) in [6.45, 7) is 2.50. The third kappa shape index (κ3) is 2.04. The van der Waals surface area contributed by atoms with Gasteiger partial charge in [0.1, 0.15) is 5.76 Å². The van der Waals surface area contributed by atoms with E-state index in [1.165, 1.54) is 0 Å². The first-order chi connectivity index (χ1) is 7.09. The number of nitrogens with zero attached hydrogens (tertiary/aromatic N) is 1. The molecule has 15 heavy (non-hydrogen) atoms. The lowest BCUT2D eigenvalue weighted by Gasteiger charge is -2.16. The molecule has 2 unspecified atom stereocenters. The number of nitrogens with two attached hydrogens (primary N) is 1. The van der Waals surface area contributed by atoms with Gasteiger partial charge in [-0.1, -0.05) is 0 Å². The zero-order valence-corrected chi connectivity index (χ0v) is 9.06. The van der Waals surface area contributed by atoms with Crippen LogP contribution in [0.1, 0.15) is 17.7 Å². The van der Waals surface area contributed by atoms with Crippen molar-refractivity contribution in [3.63, 3.8) is 0 Å². The number of hydrogen-bond acceptors (Lipinski definition) is 3. The number of carbonyl (C=O) groups is 1. The second-order valence-electron chi connectivity index (χ2n) is 4.20. The Morgan fingerprint density at radius 2 is 2.40 bits per heavy atom. The predicted octanol–water partition coefficient (Wildman–Crippen LogP) is 0.894. The molecule has 1 heterocycles. The molecule has 1 aliphatic rings. The van der Waals surface area contributed by atoms with E-state index in [0.717, 1.165) is 17.7 Å². The van der Waals surface area contributed by atoms with Crippen LogP contribution < -0.4 is 5.73 Å². The fraction of sp³-hybridized carbons (Fsp3) is 0.545. The van der Waals surface area contributed by atoms with Gasteiger partial charge in [0.15, 0.2) is 0 Å². The Morgan fingerprint density at radius 1 is 1.73 bits per heavy atom. The van der Waals surface area contributed by atoms with Crippen LogP contribution in [-0.2, 0) is 11.3 Å². The van der Waals surface area contributed by atoms with Crippen LogP contribution >= 0.6 is 0 Å². The zero-order chi connectivity index (χ0) is 11.0. The van der Waals surface area contributed by atoms with Crippen LogP contribution in [0.4, 0.5) is 0 Å². The van der Waals surface area contributed by atoms with Gasteiger partial charge in [-0.3, -0.25) is 4.79 Å². The summed E-state index contributed by atoms with van der Waals surface area (Å²) >= 11 is 0. The lowest BCUT2D eigenvalue weighted by atomic mass is 10.2. The summed E-state index contributed by atoms with van der Waals surface area (Å²) in [5, 5.41) is 0. The first-order valence-electron chi connectivity index (χ1n) is 5.13. The average Bonchev–Trinajstić information content (AvgIpc) is 2.79. The highest BCUT2D eigenvalue weighted by molar-refractivity contribution is 5.82. The number of aryl methyl sites for hydroxylation is 1. The van der Waals surface area contributed by atoms with Gasteiger partial charge in [0.2, 0.25) is 5.91 Å². The molecule has 1 aromatic heterocycles. The summed E-state index contributed by atoms with van der Waals surface area (Å²) in [5.41, 5.74) is 6.70. The summed E-state index contributed by atoms with van der Waals surface area (Å²) in [6, 6.07) is 1.97. The Balaban J connectivity index is 1.95. The van der Waals surface area contributed by atoms with Gasteiger partial charge < -0.3 is 15.1 Å². The van der Waals surface area contributed by atoms with Gasteiger partial charge in [-0.15, -0.1) is 0 Å². The first-order valence-corrected chi connectivity index (χ1v) is 5.13. The third-order valence-corrected chi connectivity index (χ3v) is 2.91. The van der Waals surface area contributed by atoms with E-state index >= 15 is 0 Å². The molecule has 1 aliphatic carbocycles. The summed E-state index contributed by atoms with van der Waals surface area (Å²) < 4.78 is 5.18. The van der Waals surface area contributed by atoms with Crippen LogP contribution in [0.3, 0.4) is 0 Å². The van der Waals surface area contributed by atoms with Gasteiger partial charge in [0, 0.05) is 25.2 Å². The molecular weight excluding hydrogens is 192 g/mol. The second kappa shape index (κ2) is 3.70. The molecule has 82 valence electrons. The topological polar surface area (TPSA) is 59.5 Å². The van der Waals surface area contributed by atoms with Crippen molar-refractivity contribution in [1.82, 2.24) is 4.90 Å². The van der Waals surface area contributed by atoms with Crippen molar-refractivity contribution in [2.75, 3.05) is 7.05 Å². The van der Waals surface area contributed by atoms with Crippen molar-refractivity contribution in [3.8, 4) is 0 Å². The molecule has 2 N–H and O–H groups in total. The van der Waals surface area contributed by atoms with E-state index in [-0.39, 0.29) is 17.9 Å². The SMILES string of the molecule is Cc1occc1CN(C)C(=O)C1CC1N. The molecule has 1 amide bonds. The highest BCUT2D eigenvalue weighted by Gasteiger charge is 2.41. The molecule has 0 spiro atoms. The summed E-state index contributed by atoms with van der Waals surface area (Å²) in [5.74, 6) is 1.06. The molecule has 1 saturated carbocycles. The van der Waals surface area contributed by atoms with Crippen LogP contribution in [0.2, 0.25) is 0 Å². The Labute approximate surface area is 89.0 Å². The van der Waals surface area contributed by atoms with E-state index in [1.54, 1.807) is 18.2 Å². The fourth-order valence-electron chi connectivity index (χ4n) is 1.69. The number of carbonyl (C=O) groups excluding carboxylic acids is 1. The summed E-state index contributed by atoms with van der Waals surface area (Å²) in [7, 11) is 1.81. The lowest BCUT2D eigenvalue weighted by molar-refractivity contribution is -0.131. The van der Waals surface area contributed by atoms with E-state index in [2.05, 4.69) is 0 Å². The van der Waals surface area contributed by atoms with Crippen LogP contribution in [-0.4, -0.2) is 23.9 Å². The molecule has 1 aromatic rings. The van der Waals surface area contributed by atoms with E-state index in [9.17, 15) is 4.79 Å². The summed E-state index contributed by atoms with van der Waals surface area (Å²) in [6.07, 6.45) is 2.47. The van der Waals surface area contributed by atoms with Crippen molar-refractivity contribution in [1.29, 1.82) is 0 Å². The molecule has 2 rings (SSSR count). The first kappa shape index (κ1) is 10.2. The van der Waals surface area contributed by atoms with Gasteiger partial charge >= 0.3 is 0 Å². The Bertz CT molecular complexity index is 372. The third-order valence-electron chi connectivity index (χ3n) is 2.91. The Kier molecular flexibility index (Phi) is 2.52. The summed E-state index contributed by atoms with van der Waals surface area (Å²) in [4.78, 5) is 13.5. The van der Waals surface area contributed by atoms with Crippen LogP contribution in [0.5, 0.6) is 0 Å². The van der Waals surface area contributed by atoms with Crippen molar-refractivity contribution in [2.24, 2.45) is 11.7 Å². The quantitative estimate of drug-likeness (QED) is 0.802.